The number of rotatable bonds is 4. The summed E-state index contributed by atoms with van der Waals surface area (Å²) in [6.07, 6.45) is 2.59. The molecule has 1 heteroatoms. The molecule has 0 radical (unpaired) electrons. The van der Waals surface area contributed by atoms with E-state index in [0.717, 1.165) is 0 Å². The van der Waals surface area contributed by atoms with E-state index in [9.17, 15) is 0 Å². The average Bonchev–Trinajstić information content (AvgIpc) is 3.66. The second-order valence-corrected chi connectivity index (χ2v) is 11.8. The van der Waals surface area contributed by atoms with E-state index in [1.54, 1.807) is 0 Å². The van der Waals surface area contributed by atoms with E-state index in [1.165, 1.54) is 63.2 Å². The van der Waals surface area contributed by atoms with Crippen LogP contribution in [0.25, 0.3) is 22.3 Å². The van der Waals surface area contributed by atoms with Crippen molar-refractivity contribution < 1.29 is 0 Å². The summed E-state index contributed by atoms with van der Waals surface area (Å²) in [7, 11) is 0. The fourth-order valence-corrected chi connectivity index (χ4v) is 5.99. The average molecular weight is 458 g/mol. The third kappa shape index (κ3) is 3.69. The van der Waals surface area contributed by atoms with Crippen LogP contribution >= 0.6 is 0 Å². The third-order valence-electron chi connectivity index (χ3n) is 7.89. The first kappa shape index (κ1) is 22.2. The molecular weight excluding hydrogens is 422 g/mol. The monoisotopic (exact) mass is 457 g/mol. The lowest BCUT2D eigenvalue weighted by Gasteiger charge is -2.40. The molecule has 2 aliphatic rings. The van der Waals surface area contributed by atoms with Crippen molar-refractivity contribution in [2.75, 3.05) is 4.90 Å². The maximum atomic E-state index is 2.57. The minimum absolute atomic E-state index is 0.0397. The fraction of sp³-hybridized carbons (Fsp3) is 0.294. The molecule has 0 aromatic heterocycles. The lowest BCUT2D eigenvalue weighted by Crippen LogP contribution is -2.38. The van der Waals surface area contributed by atoms with E-state index in [4.69, 9.17) is 0 Å². The predicted octanol–water partition coefficient (Wildman–Crippen LogP) is 9.47. The molecule has 0 spiro atoms. The standard InChI is InChI=1S/C34H35N/c1-33(2,3)35(26-19-17-24(18-20-26)23-11-7-6-8-12-23)32-22-29-27-13-9-10-14-30(27)34(4,5)31(29)21-28(32)25-15-16-25/h6-14,17-22,25H,15-16H2,1-5H3. The SMILES string of the molecule is CC1(C)c2ccccc2-c2cc(N(c3ccc(-c4ccccc4)cc3)C(C)(C)C)c(C3CC3)cc21. The van der Waals surface area contributed by atoms with Gasteiger partial charge in [0.1, 0.15) is 0 Å². The largest absolute Gasteiger partial charge is 0.336 e. The molecule has 0 atom stereocenters. The van der Waals surface area contributed by atoms with Crippen LogP contribution in [0.15, 0.2) is 91.0 Å². The molecule has 1 saturated carbocycles. The first-order valence-corrected chi connectivity index (χ1v) is 13.0. The summed E-state index contributed by atoms with van der Waals surface area (Å²) < 4.78 is 0. The molecule has 6 rings (SSSR count). The van der Waals surface area contributed by atoms with Crippen molar-refractivity contribution in [3.05, 3.63) is 108 Å². The Hall–Kier alpha value is -3.32. The Labute approximate surface area is 210 Å². The van der Waals surface area contributed by atoms with Gasteiger partial charge in [0, 0.05) is 22.3 Å². The van der Waals surface area contributed by atoms with E-state index in [-0.39, 0.29) is 11.0 Å². The van der Waals surface area contributed by atoms with Gasteiger partial charge in [-0.05, 0) is 96.7 Å². The normalized spacial score (nSPS) is 16.0. The Bertz CT molecular complexity index is 1380. The van der Waals surface area contributed by atoms with Gasteiger partial charge in [-0.3, -0.25) is 0 Å². The molecule has 0 bridgehead atoms. The quantitative estimate of drug-likeness (QED) is 0.295. The van der Waals surface area contributed by atoms with Crippen LogP contribution in [0.1, 0.15) is 70.1 Å². The van der Waals surface area contributed by atoms with Crippen molar-refractivity contribution in [1.82, 2.24) is 0 Å². The maximum Gasteiger partial charge on any atom is 0.0457 e. The highest BCUT2D eigenvalue weighted by Gasteiger charge is 2.39. The van der Waals surface area contributed by atoms with Crippen molar-refractivity contribution in [2.45, 2.75) is 64.3 Å². The molecule has 4 aromatic rings. The summed E-state index contributed by atoms with van der Waals surface area (Å²) in [5.41, 5.74) is 12.4. The van der Waals surface area contributed by atoms with Crippen LogP contribution in [-0.4, -0.2) is 5.54 Å². The summed E-state index contributed by atoms with van der Waals surface area (Å²) in [6, 6.07) is 33.8. The Morgan fingerprint density at radius 3 is 1.97 bits per heavy atom. The summed E-state index contributed by atoms with van der Waals surface area (Å²) in [5.74, 6) is 0.670. The van der Waals surface area contributed by atoms with Crippen molar-refractivity contribution in [2.24, 2.45) is 0 Å². The molecule has 35 heavy (non-hydrogen) atoms. The van der Waals surface area contributed by atoms with Gasteiger partial charge >= 0.3 is 0 Å². The predicted molar refractivity (Wildman–Crippen MR) is 150 cm³/mol. The first-order chi connectivity index (χ1) is 16.7. The third-order valence-corrected chi connectivity index (χ3v) is 7.89. The van der Waals surface area contributed by atoms with Crippen molar-refractivity contribution in [3.63, 3.8) is 0 Å². The van der Waals surface area contributed by atoms with Crippen LogP contribution in [0.3, 0.4) is 0 Å². The maximum absolute atomic E-state index is 2.57. The van der Waals surface area contributed by atoms with Crippen molar-refractivity contribution in [1.29, 1.82) is 0 Å². The number of hydrogen-bond donors (Lipinski definition) is 0. The Morgan fingerprint density at radius 1 is 0.686 bits per heavy atom. The highest BCUT2D eigenvalue weighted by molar-refractivity contribution is 5.86. The molecule has 0 heterocycles. The lowest BCUT2D eigenvalue weighted by atomic mass is 9.81. The van der Waals surface area contributed by atoms with Crippen LogP contribution in [0.5, 0.6) is 0 Å². The minimum Gasteiger partial charge on any atom is -0.336 e. The summed E-state index contributed by atoms with van der Waals surface area (Å²) >= 11 is 0. The topological polar surface area (TPSA) is 3.24 Å². The number of anilines is 2. The molecule has 0 amide bonds. The van der Waals surface area contributed by atoms with Crippen molar-refractivity contribution in [3.8, 4) is 22.3 Å². The van der Waals surface area contributed by atoms with E-state index < -0.39 is 0 Å². The van der Waals surface area contributed by atoms with Crippen LogP contribution in [-0.2, 0) is 5.41 Å². The summed E-state index contributed by atoms with van der Waals surface area (Å²) in [6.45, 7) is 11.8. The van der Waals surface area contributed by atoms with Gasteiger partial charge in [-0.15, -0.1) is 0 Å². The zero-order valence-corrected chi connectivity index (χ0v) is 21.6. The van der Waals surface area contributed by atoms with Crippen LogP contribution in [0.4, 0.5) is 11.4 Å². The molecule has 2 aliphatic carbocycles. The van der Waals surface area contributed by atoms with Gasteiger partial charge in [0.2, 0.25) is 0 Å². The van der Waals surface area contributed by atoms with E-state index in [1.807, 2.05) is 0 Å². The summed E-state index contributed by atoms with van der Waals surface area (Å²) in [5, 5.41) is 0. The van der Waals surface area contributed by atoms with E-state index in [2.05, 4.69) is 131 Å². The van der Waals surface area contributed by atoms with Crippen LogP contribution in [0.2, 0.25) is 0 Å². The van der Waals surface area contributed by atoms with Crippen LogP contribution in [0, 0.1) is 0 Å². The smallest absolute Gasteiger partial charge is 0.0457 e. The molecule has 0 unspecified atom stereocenters. The summed E-state index contributed by atoms with van der Waals surface area (Å²) in [4.78, 5) is 2.57. The highest BCUT2D eigenvalue weighted by atomic mass is 15.2. The molecule has 176 valence electrons. The van der Waals surface area contributed by atoms with Gasteiger partial charge in [-0.1, -0.05) is 86.6 Å². The van der Waals surface area contributed by atoms with Gasteiger partial charge in [-0.25, -0.2) is 0 Å². The van der Waals surface area contributed by atoms with Crippen LogP contribution < -0.4 is 4.90 Å². The highest BCUT2D eigenvalue weighted by Crippen LogP contribution is 2.55. The number of fused-ring (bicyclic) bond motifs is 3. The first-order valence-electron chi connectivity index (χ1n) is 13.0. The fourth-order valence-electron chi connectivity index (χ4n) is 5.99. The molecule has 4 aromatic carbocycles. The van der Waals surface area contributed by atoms with Gasteiger partial charge in [0.25, 0.3) is 0 Å². The van der Waals surface area contributed by atoms with E-state index >= 15 is 0 Å². The molecule has 0 saturated heterocycles. The number of hydrogen-bond acceptors (Lipinski definition) is 1. The second kappa shape index (κ2) is 7.85. The van der Waals surface area contributed by atoms with Gasteiger partial charge in [0.05, 0.1) is 0 Å². The van der Waals surface area contributed by atoms with Gasteiger partial charge < -0.3 is 4.90 Å². The van der Waals surface area contributed by atoms with Gasteiger partial charge in [0.15, 0.2) is 0 Å². The van der Waals surface area contributed by atoms with Crippen molar-refractivity contribution >= 4 is 11.4 Å². The minimum atomic E-state index is -0.0558. The molecule has 1 nitrogen and oxygen atoms in total. The Balaban J connectivity index is 1.52. The zero-order chi connectivity index (χ0) is 24.4. The molecule has 0 N–H and O–H groups in total. The molecule has 1 fully saturated rings. The Morgan fingerprint density at radius 2 is 1.31 bits per heavy atom. The van der Waals surface area contributed by atoms with Gasteiger partial charge in [-0.2, -0.15) is 0 Å². The molecular formula is C34H35N. The Kier molecular flexibility index (Phi) is 4.97. The van der Waals surface area contributed by atoms with E-state index in [0.29, 0.717) is 5.92 Å². The number of nitrogens with zero attached hydrogens (tertiary/aromatic N) is 1. The lowest BCUT2D eigenvalue weighted by molar-refractivity contribution is 0.558. The molecule has 0 aliphatic heterocycles. The number of benzene rings is 4. The second-order valence-electron chi connectivity index (χ2n) is 11.8. The zero-order valence-electron chi connectivity index (χ0n) is 21.6.